The number of hydrogen-bond donors (Lipinski definition) is 1. The van der Waals surface area contributed by atoms with Gasteiger partial charge in [0.25, 0.3) is 0 Å². The van der Waals surface area contributed by atoms with Crippen molar-refractivity contribution < 1.29 is 19.3 Å². The molecule has 0 aromatic rings. The van der Waals surface area contributed by atoms with E-state index in [1.54, 1.807) is 0 Å². The van der Waals surface area contributed by atoms with Crippen LogP contribution in [0.25, 0.3) is 0 Å². The minimum Gasteiger partial charge on any atom is -0.356 e. The van der Waals surface area contributed by atoms with Crippen LogP contribution in [0.5, 0.6) is 0 Å². The predicted octanol–water partition coefficient (Wildman–Crippen LogP) is 3.53. The molecule has 5 saturated carbocycles. The fraction of sp³-hybridized carbons (Fsp3) is 0.950. The standard InChI is InChI=1S/C20H31NO4/c1-2-18(22)21-12-13-3-5-19(6-4-13)23-20(25-24-19)16-8-14-7-15(10-16)11-17(20)9-14/h13-17H,2-12H2,1H3,(H,21,22). The monoisotopic (exact) mass is 349 g/mol. The van der Waals surface area contributed by atoms with Gasteiger partial charge in [-0.1, -0.05) is 6.92 Å². The van der Waals surface area contributed by atoms with Gasteiger partial charge in [0.1, 0.15) is 0 Å². The van der Waals surface area contributed by atoms with Crippen LogP contribution in [-0.2, 0) is 19.3 Å². The second kappa shape index (κ2) is 5.93. The van der Waals surface area contributed by atoms with Crippen molar-refractivity contribution in [2.24, 2.45) is 29.6 Å². The fourth-order valence-corrected chi connectivity index (χ4v) is 6.50. The van der Waals surface area contributed by atoms with E-state index in [1.165, 1.54) is 32.1 Å². The van der Waals surface area contributed by atoms with E-state index in [0.717, 1.165) is 44.1 Å². The van der Waals surface area contributed by atoms with Crippen molar-refractivity contribution in [3.63, 3.8) is 0 Å². The van der Waals surface area contributed by atoms with Crippen molar-refractivity contribution >= 4 is 5.91 Å². The molecule has 0 atom stereocenters. The van der Waals surface area contributed by atoms with Crippen LogP contribution in [0.1, 0.15) is 71.1 Å². The Morgan fingerprint density at radius 2 is 1.64 bits per heavy atom. The molecule has 6 rings (SSSR count). The molecule has 1 amide bonds. The summed E-state index contributed by atoms with van der Waals surface area (Å²) in [6.07, 6.45) is 10.9. The first-order valence-electron chi connectivity index (χ1n) is 10.4. The first-order valence-corrected chi connectivity index (χ1v) is 10.4. The van der Waals surface area contributed by atoms with E-state index in [4.69, 9.17) is 14.5 Å². The molecule has 0 unspecified atom stereocenters. The van der Waals surface area contributed by atoms with Crippen LogP contribution in [0.3, 0.4) is 0 Å². The van der Waals surface area contributed by atoms with Crippen LogP contribution in [0.2, 0.25) is 0 Å². The highest BCUT2D eigenvalue weighted by atomic mass is 17.3. The maximum atomic E-state index is 11.5. The number of amides is 1. The SMILES string of the molecule is CCC(=O)NCC1CCC2(CC1)OOC1(O2)C2CC3CC(C2)CC1C3. The van der Waals surface area contributed by atoms with Gasteiger partial charge in [0.15, 0.2) is 0 Å². The quantitative estimate of drug-likeness (QED) is 0.792. The number of ether oxygens (including phenoxy) is 1. The highest BCUT2D eigenvalue weighted by Crippen LogP contribution is 2.63. The maximum Gasteiger partial charge on any atom is 0.219 e. The van der Waals surface area contributed by atoms with Gasteiger partial charge < -0.3 is 10.1 Å². The summed E-state index contributed by atoms with van der Waals surface area (Å²) in [6.45, 7) is 2.68. The third kappa shape index (κ3) is 2.65. The van der Waals surface area contributed by atoms with Gasteiger partial charge in [0, 0.05) is 37.6 Å². The molecule has 2 spiro atoms. The van der Waals surface area contributed by atoms with Crippen molar-refractivity contribution in [2.75, 3.05) is 6.54 Å². The van der Waals surface area contributed by atoms with E-state index in [0.29, 0.717) is 24.2 Å². The average Bonchev–Trinajstić information content (AvgIpc) is 2.99. The Labute approximate surface area is 150 Å². The first kappa shape index (κ1) is 16.5. The third-order valence-corrected chi connectivity index (χ3v) is 7.72. The predicted molar refractivity (Wildman–Crippen MR) is 91.0 cm³/mol. The molecule has 140 valence electrons. The summed E-state index contributed by atoms with van der Waals surface area (Å²) < 4.78 is 6.72. The van der Waals surface area contributed by atoms with Gasteiger partial charge in [0.05, 0.1) is 0 Å². The molecular weight excluding hydrogens is 318 g/mol. The molecule has 5 aliphatic carbocycles. The van der Waals surface area contributed by atoms with Gasteiger partial charge in [-0.2, -0.15) is 9.78 Å². The van der Waals surface area contributed by atoms with E-state index in [2.05, 4.69) is 5.32 Å². The molecule has 5 nitrogen and oxygen atoms in total. The Balaban J connectivity index is 1.22. The number of carbonyl (C=O) groups is 1. The molecule has 6 fully saturated rings. The van der Waals surface area contributed by atoms with Gasteiger partial charge in [-0.15, -0.1) is 0 Å². The Morgan fingerprint density at radius 1 is 1.00 bits per heavy atom. The molecular formula is C20H31NO4. The molecule has 5 heteroatoms. The van der Waals surface area contributed by atoms with Crippen molar-refractivity contribution in [1.29, 1.82) is 0 Å². The molecule has 0 radical (unpaired) electrons. The van der Waals surface area contributed by atoms with Crippen molar-refractivity contribution in [3.8, 4) is 0 Å². The van der Waals surface area contributed by atoms with Gasteiger partial charge in [0.2, 0.25) is 17.5 Å². The Morgan fingerprint density at radius 3 is 2.24 bits per heavy atom. The van der Waals surface area contributed by atoms with Crippen LogP contribution in [0.4, 0.5) is 0 Å². The molecule has 1 heterocycles. The highest BCUT2D eigenvalue weighted by Gasteiger charge is 2.66. The number of hydrogen-bond acceptors (Lipinski definition) is 4. The van der Waals surface area contributed by atoms with E-state index >= 15 is 0 Å². The van der Waals surface area contributed by atoms with Crippen LogP contribution >= 0.6 is 0 Å². The van der Waals surface area contributed by atoms with Crippen LogP contribution in [0, 0.1) is 29.6 Å². The van der Waals surface area contributed by atoms with Gasteiger partial charge in [-0.25, -0.2) is 0 Å². The van der Waals surface area contributed by atoms with Crippen LogP contribution in [-0.4, -0.2) is 24.0 Å². The van der Waals surface area contributed by atoms with Crippen molar-refractivity contribution in [2.45, 2.75) is 82.7 Å². The zero-order chi connectivity index (χ0) is 17.1. The van der Waals surface area contributed by atoms with Crippen LogP contribution < -0.4 is 5.32 Å². The molecule has 25 heavy (non-hydrogen) atoms. The molecule has 1 saturated heterocycles. The van der Waals surface area contributed by atoms with Crippen LogP contribution in [0.15, 0.2) is 0 Å². The maximum absolute atomic E-state index is 11.5. The number of nitrogens with one attached hydrogen (secondary N) is 1. The molecule has 6 aliphatic rings. The summed E-state index contributed by atoms with van der Waals surface area (Å²) >= 11 is 0. The summed E-state index contributed by atoms with van der Waals surface area (Å²) in [5, 5.41) is 3.03. The second-order valence-corrected chi connectivity index (χ2v) is 9.31. The Bertz CT molecular complexity index is 512. The first-order chi connectivity index (χ1) is 12.1. The fourth-order valence-electron chi connectivity index (χ4n) is 6.50. The summed E-state index contributed by atoms with van der Waals surface area (Å²) in [6, 6.07) is 0. The summed E-state index contributed by atoms with van der Waals surface area (Å²) in [5.41, 5.74) is 0. The molecule has 0 aromatic carbocycles. The lowest BCUT2D eigenvalue weighted by molar-refractivity contribution is -0.390. The zero-order valence-electron chi connectivity index (χ0n) is 15.3. The van der Waals surface area contributed by atoms with Crippen molar-refractivity contribution in [1.82, 2.24) is 5.32 Å². The van der Waals surface area contributed by atoms with E-state index in [9.17, 15) is 4.79 Å². The lowest BCUT2D eigenvalue weighted by atomic mass is 9.53. The average molecular weight is 349 g/mol. The number of rotatable bonds is 3. The van der Waals surface area contributed by atoms with Crippen molar-refractivity contribution in [3.05, 3.63) is 0 Å². The molecule has 0 aromatic heterocycles. The Hall–Kier alpha value is -0.650. The number of carbonyl (C=O) groups excluding carboxylic acids is 1. The van der Waals surface area contributed by atoms with E-state index in [1.807, 2.05) is 6.92 Å². The van der Waals surface area contributed by atoms with E-state index < -0.39 is 11.6 Å². The normalized spacial score (nSPS) is 50.7. The third-order valence-electron chi connectivity index (χ3n) is 7.72. The largest absolute Gasteiger partial charge is 0.356 e. The Kier molecular flexibility index (Phi) is 3.92. The minimum atomic E-state index is -0.527. The molecule has 1 N–H and O–H groups in total. The second-order valence-electron chi connectivity index (χ2n) is 9.31. The smallest absolute Gasteiger partial charge is 0.219 e. The molecule has 4 bridgehead atoms. The van der Waals surface area contributed by atoms with Gasteiger partial charge in [-0.05, 0) is 62.7 Å². The summed E-state index contributed by atoms with van der Waals surface area (Å²) in [7, 11) is 0. The van der Waals surface area contributed by atoms with E-state index in [-0.39, 0.29) is 5.91 Å². The zero-order valence-corrected chi connectivity index (χ0v) is 15.3. The van der Waals surface area contributed by atoms with Gasteiger partial charge >= 0.3 is 0 Å². The van der Waals surface area contributed by atoms with Gasteiger partial charge in [-0.3, -0.25) is 4.79 Å². The summed E-state index contributed by atoms with van der Waals surface area (Å²) in [4.78, 5) is 23.5. The summed E-state index contributed by atoms with van der Waals surface area (Å²) in [5.74, 6) is 2.56. The minimum absolute atomic E-state index is 0.143. The lowest BCUT2D eigenvalue weighted by Gasteiger charge is -2.57. The highest BCUT2D eigenvalue weighted by molar-refractivity contribution is 5.75. The topological polar surface area (TPSA) is 56.8 Å². The molecule has 1 aliphatic heterocycles. The lowest BCUT2D eigenvalue weighted by Crippen LogP contribution is -2.59.